The fourth-order valence-electron chi connectivity index (χ4n) is 1.51. The van der Waals surface area contributed by atoms with Crippen molar-refractivity contribution in [1.29, 1.82) is 0 Å². The van der Waals surface area contributed by atoms with Crippen molar-refractivity contribution in [3.63, 3.8) is 0 Å². The van der Waals surface area contributed by atoms with Crippen LogP contribution in [0.1, 0.15) is 13.3 Å². The molecule has 0 aliphatic carbocycles. The van der Waals surface area contributed by atoms with E-state index in [1.165, 1.54) is 0 Å². The second-order valence-corrected chi connectivity index (χ2v) is 4.44. The molecule has 1 heterocycles. The van der Waals surface area contributed by atoms with E-state index in [2.05, 4.69) is 29.6 Å². The Balaban J connectivity index is 1.98. The average molecular weight is 263 g/mol. The Bertz CT molecular complexity index is 468. The summed E-state index contributed by atoms with van der Waals surface area (Å²) in [6.07, 6.45) is 2.70. The Kier molecular flexibility index (Phi) is 4.64. The van der Waals surface area contributed by atoms with Crippen LogP contribution in [0, 0.1) is 5.92 Å². The molecule has 0 spiro atoms. The maximum Gasteiger partial charge on any atom is 0.335 e. The molecule has 1 aromatic carbocycles. The first-order valence-electron chi connectivity index (χ1n) is 6.04. The largest absolute Gasteiger partial charge is 0.462 e. The minimum atomic E-state index is 0.416. The number of benzene rings is 1. The molecule has 0 N–H and O–H groups in total. The molecule has 2 rings (SSSR count). The molecule has 5 heteroatoms. The van der Waals surface area contributed by atoms with Crippen LogP contribution in [-0.4, -0.2) is 27.1 Å². The van der Waals surface area contributed by atoms with Crippen molar-refractivity contribution in [3.8, 4) is 11.7 Å². The van der Waals surface area contributed by atoms with Crippen LogP contribution in [0.15, 0.2) is 36.7 Å². The lowest BCUT2D eigenvalue weighted by molar-refractivity contribution is 0.241. The molecule has 4 nitrogen and oxygen atoms in total. The second-order valence-electron chi connectivity index (χ2n) is 4.08. The number of hydrogen-bond acceptors (Lipinski definition) is 4. The van der Waals surface area contributed by atoms with Gasteiger partial charge in [-0.05, 0) is 24.3 Å². The van der Waals surface area contributed by atoms with Gasteiger partial charge in [0.25, 0.3) is 0 Å². The van der Waals surface area contributed by atoms with E-state index in [9.17, 15) is 0 Å². The van der Waals surface area contributed by atoms with Crippen LogP contribution in [0.2, 0.25) is 0 Å². The quantitative estimate of drug-likeness (QED) is 0.814. The summed E-state index contributed by atoms with van der Waals surface area (Å²) in [5.41, 5.74) is 0.973. The molecular weight excluding hydrogens is 246 g/mol. The van der Waals surface area contributed by atoms with Crippen molar-refractivity contribution < 1.29 is 4.74 Å². The smallest absolute Gasteiger partial charge is 0.335 e. The summed E-state index contributed by atoms with van der Waals surface area (Å²) in [5, 5.41) is 4.28. The fourth-order valence-corrected chi connectivity index (χ4v) is 1.87. The number of aromatic nitrogens is 3. The molecule has 0 bridgehead atoms. The van der Waals surface area contributed by atoms with Crippen molar-refractivity contribution in [2.24, 2.45) is 5.92 Å². The predicted molar refractivity (Wildman–Crippen MR) is 74.5 cm³/mol. The summed E-state index contributed by atoms with van der Waals surface area (Å²) < 4.78 is 7.27. The second kappa shape index (κ2) is 6.44. The number of nitrogens with zero attached hydrogens (tertiary/aromatic N) is 3. The molecule has 0 aliphatic rings. The van der Waals surface area contributed by atoms with Crippen LogP contribution in [0.3, 0.4) is 0 Å². The molecule has 0 saturated carbocycles. The van der Waals surface area contributed by atoms with Gasteiger partial charge in [0.2, 0.25) is 0 Å². The van der Waals surface area contributed by atoms with Gasteiger partial charge < -0.3 is 4.74 Å². The van der Waals surface area contributed by atoms with E-state index < -0.39 is 0 Å². The van der Waals surface area contributed by atoms with Crippen LogP contribution in [0.4, 0.5) is 0 Å². The van der Waals surface area contributed by atoms with E-state index in [0.29, 0.717) is 18.5 Å². The van der Waals surface area contributed by atoms with Crippen LogP contribution in [-0.2, 0) is 0 Å². The zero-order valence-corrected chi connectivity index (χ0v) is 11.3. The minimum absolute atomic E-state index is 0.416. The number of ether oxygens (including phenoxy) is 1. The van der Waals surface area contributed by atoms with E-state index in [4.69, 9.17) is 4.74 Å². The molecule has 0 fully saturated rings. The van der Waals surface area contributed by atoms with Gasteiger partial charge in [0.05, 0.1) is 12.3 Å². The first-order valence-corrected chi connectivity index (χ1v) is 6.67. The first kappa shape index (κ1) is 13.0. The third kappa shape index (κ3) is 3.26. The zero-order chi connectivity index (χ0) is 12.8. The van der Waals surface area contributed by atoms with Gasteiger partial charge in [-0.15, -0.1) is 5.10 Å². The van der Waals surface area contributed by atoms with Gasteiger partial charge in [0.1, 0.15) is 6.33 Å². The standard InChI is InChI=1S/C13H17N3OS/c1-2-11(9-18)8-17-13-14-10-16(15-13)12-6-4-3-5-7-12/h3-7,10-11,18H,2,8-9H2,1H3. The normalized spacial score (nSPS) is 12.3. The monoisotopic (exact) mass is 263 g/mol. The Labute approximate surface area is 112 Å². The third-order valence-corrected chi connectivity index (χ3v) is 3.29. The summed E-state index contributed by atoms with van der Waals surface area (Å²) in [6.45, 7) is 2.74. The molecule has 1 atom stereocenters. The van der Waals surface area contributed by atoms with Crippen LogP contribution in [0.5, 0.6) is 6.01 Å². The van der Waals surface area contributed by atoms with Crippen LogP contribution >= 0.6 is 12.6 Å². The van der Waals surface area contributed by atoms with E-state index in [1.54, 1.807) is 11.0 Å². The summed E-state index contributed by atoms with van der Waals surface area (Å²) in [5.74, 6) is 1.26. The summed E-state index contributed by atoms with van der Waals surface area (Å²) >= 11 is 4.28. The van der Waals surface area contributed by atoms with Gasteiger partial charge in [-0.25, -0.2) is 4.68 Å². The van der Waals surface area contributed by atoms with E-state index in [-0.39, 0.29) is 0 Å². The highest BCUT2D eigenvalue weighted by molar-refractivity contribution is 7.80. The number of hydrogen-bond donors (Lipinski definition) is 1. The molecular formula is C13H17N3OS. The lowest BCUT2D eigenvalue weighted by Crippen LogP contribution is -2.13. The lowest BCUT2D eigenvalue weighted by atomic mass is 10.1. The maximum atomic E-state index is 5.56. The van der Waals surface area contributed by atoms with Gasteiger partial charge in [0, 0.05) is 5.92 Å². The van der Waals surface area contributed by atoms with Gasteiger partial charge in [-0.2, -0.15) is 17.6 Å². The Morgan fingerprint density at radius 1 is 1.33 bits per heavy atom. The van der Waals surface area contributed by atoms with Crippen molar-refractivity contribution in [2.75, 3.05) is 12.4 Å². The van der Waals surface area contributed by atoms with Crippen LogP contribution < -0.4 is 4.74 Å². The molecule has 1 unspecified atom stereocenters. The molecule has 96 valence electrons. The van der Waals surface area contributed by atoms with Gasteiger partial charge >= 0.3 is 6.01 Å². The van der Waals surface area contributed by atoms with Gasteiger partial charge in [-0.3, -0.25) is 0 Å². The summed E-state index contributed by atoms with van der Waals surface area (Å²) in [6, 6.07) is 10.3. The summed E-state index contributed by atoms with van der Waals surface area (Å²) in [4.78, 5) is 4.14. The Hall–Kier alpha value is -1.49. The maximum absolute atomic E-state index is 5.56. The van der Waals surface area contributed by atoms with Crippen LogP contribution in [0.25, 0.3) is 5.69 Å². The lowest BCUT2D eigenvalue weighted by Gasteiger charge is -2.10. The molecule has 0 radical (unpaired) electrons. The minimum Gasteiger partial charge on any atom is -0.462 e. The highest BCUT2D eigenvalue weighted by Crippen LogP contribution is 2.11. The number of rotatable bonds is 6. The molecule has 1 aromatic heterocycles. The third-order valence-electron chi connectivity index (χ3n) is 2.78. The van der Waals surface area contributed by atoms with Crippen molar-refractivity contribution in [1.82, 2.24) is 14.8 Å². The first-order chi connectivity index (χ1) is 8.83. The van der Waals surface area contributed by atoms with Crippen molar-refractivity contribution in [2.45, 2.75) is 13.3 Å². The van der Waals surface area contributed by atoms with Gasteiger partial charge in [-0.1, -0.05) is 25.1 Å². The average Bonchev–Trinajstić information content (AvgIpc) is 2.90. The zero-order valence-electron chi connectivity index (χ0n) is 10.4. The topological polar surface area (TPSA) is 39.9 Å². The fraction of sp³-hybridized carbons (Fsp3) is 0.385. The highest BCUT2D eigenvalue weighted by Gasteiger charge is 2.08. The molecule has 2 aromatic rings. The summed E-state index contributed by atoms with van der Waals surface area (Å²) in [7, 11) is 0. The van der Waals surface area contributed by atoms with Crippen molar-refractivity contribution >= 4 is 12.6 Å². The number of para-hydroxylation sites is 1. The Morgan fingerprint density at radius 3 is 2.78 bits per heavy atom. The van der Waals surface area contributed by atoms with E-state index >= 15 is 0 Å². The van der Waals surface area contributed by atoms with E-state index in [0.717, 1.165) is 17.9 Å². The SMILES string of the molecule is CCC(CS)COc1ncn(-c2ccccc2)n1. The van der Waals surface area contributed by atoms with E-state index in [1.807, 2.05) is 30.3 Å². The molecule has 0 amide bonds. The predicted octanol–water partition coefficient (Wildman–Crippen LogP) is 2.60. The molecule has 0 saturated heterocycles. The number of thiol groups is 1. The van der Waals surface area contributed by atoms with Crippen molar-refractivity contribution in [3.05, 3.63) is 36.7 Å². The molecule has 18 heavy (non-hydrogen) atoms. The molecule has 0 aliphatic heterocycles. The van der Waals surface area contributed by atoms with Gasteiger partial charge in [0.15, 0.2) is 0 Å². The highest BCUT2D eigenvalue weighted by atomic mass is 32.1. The Morgan fingerprint density at radius 2 is 2.11 bits per heavy atom.